The van der Waals surface area contributed by atoms with Crippen LogP contribution in [0.5, 0.6) is 0 Å². The highest BCUT2D eigenvalue weighted by Gasteiger charge is 2.29. The molecule has 2 nitrogen and oxygen atoms in total. The van der Waals surface area contributed by atoms with Gasteiger partial charge in [0.15, 0.2) is 0 Å². The summed E-state index contributed by atoms with van der Waals surface area (Å²) in [6.07, 6.45) is 8.48. The lowest BCUT2D eigenvalue weighted by Crippen LogP contribution is -2.40. The number of ether oxygens (including phenoxy) is 2. The van der Waals surface area contributed by atoms with Crippen LogP contribution in [0.15, 0.2) is 0 Å². The summed E-state index contributed by atoms with van der Waals surface area (Å²) in [5.41, 5.74) is -0.447. The molecule has 0 aromatic carbocycles. The molecule has 2 unspecified atom stereocenters. The molecule has 18 heavy (non-hydrogen) atoms. The molecular formula is C16H30O2. The topological polar surface area (TPSA) is 18.5 Å². The third-order valence-corrected chi connectivity index (χ3v) is 2.33. The van der Waals surface area contributed by atoms with E-state index in [1.807, 2.05) is 20.8 Å². The van der Waals surface area contributed by atoms with E-state index in [2.05, 4.69) is 33.6 Å². The Balaban J connectivity index is 4.74. The van der Waals surface area contributed by atoms with E-state index in [9.17, 15) is 0 Å². The van der Waals surface area contributed by atoms with E-state index in [1.165, 1.54) is 0 Å². The highest BCUT2D eigenvalue weighted by Crippen LogP contribution is 2.22. The van der Waals surface area contributed by atoms with Crippen molar-refractivity contribution in [3.05, 3.63) is 0 Å². The maximum absolute atomic E-state index is 6.07. The third-order valence-electron chi connectivity index (χ3n) is 2.33. The van der Waals surface area contributed by atoms with Crippen molar-refractivity contribution in [3.63, 3.8) is 0 Å². The van der Waals surface area contributed by atoms with E-state index in [4.69, 9.17) is 15.9 Å². The first-order chi connectivity index (χ1) is 8.09. The maximum Gasteiger partial charge on any atom is 0.144 e. The van der Waals surface area contributed by atoms with Crippen LogP contribution in [0.4, 0.5) is 0 Å². The van der Waals surface area contributed by atoms with Gasteiger partial charge in [-0.25, -0.2) is 0 Å². The minimum Gasteiger partial charge on any atom is -0.369 e. The van der Waals surface area contributed by atoms with Crippen molar-refractivity contribution in [2.45, 2.75) is 91.1 Å². The predicted octanol–water partition coefficient (Wildman–Crippen LogP) is 4.18. The van der Waals surface area contributed by atoms with Gasteiger partial charge in [-0.05, 0) is 48.0 Å². The summed E-state index contributed by atoms with van der Waals surface area (Å²) in [4.78, 5) is 0. The molecule has 0 saturated carbocycles. The molecule has 0 amide bonds. The molecule has 0 rings (SSSR count). The summed E-state index contributed by atoms with van der Waals surface area (Å²) in [6, 6.07) is 0. The minimum absolute atomic E-state index is 0.0332. The molecule has 0 aromatic rings. The summed E-state index contributed by atoms with van der Waals surface area (Å²) >= 11 is 0. The molecule has 0 N–H and O–H groups in total. The Labute approximate surface area is 113 Å². The van der Waals surface area contributed by atoms with Gasteiger partial charge in [0.1, 0.15) is 6.10 Å². The van der Waals surface area contributed by atoms with Gasteiger partial charge in [0.05, 0.1) is 17.3 Å². The van der Waals surface area contributed by atoms with Crippen molar-refractivity contribution >= 4 is 0 Å². The molecule has 0 spiro atoms. The van der Waals surface area contributed by atoms with Crippen molar-refractivity contribution in [1.82, 2.24) is 0 Å². The van der Waals surface area contributed by atoms with Crippen LogP contribution in [-0.4, -0.2) is 23.4 Å². The molecule has 0 saturated heterocycles. The second kappa shape index (κ2) is 7.16. The first-order valence-electron chi connectivity index (χ1n) is 6.91. The van der Waals surface area contributed by atoms with Crippen LogP contribution in [0, 0.1) is 12.3 Å². The number of terminal acetylenes is 1. The van der Waals surface area contributed by atoms with Gasteiger partial charge in [-0.1, -0.05) is 25.7 Å². The Hall–Kier alpha value is -0.520. The van der Waals surface area contributed by atoms with Crippen molar-refractivity contribution in [1.29, 1.82) is 0 Å². The summed E-state index contributed by atoms with van der Waals surface area (Å²) in [6.45, 7) is 14.4. The highest BCUT2D eigenvalue weighted by molar-refractivity contribution is 5.00. The smallest absolute Gasteiger partial charge is 0.144 e. The normalized spacial score (nSPS) is 16.1. The van der Waals surface area contributed by atoms with E-state index in [0.717, 1.165) is 19.3 Å². The molecule has 2 heteroatoms. The number of unbranched alkanes of at least 4 members (excludes halogenated alkanes) is 1. The van der Waals surface area contributed by atoms with E-state index < -0.39 is 0 Å². The van der Waals surface area contributed by atoms with Gasteiger partial charge in [0, 0.05) is 0 Å². The highest BCUT2D eigenvalue weighted by atomic mass is 16.6. The quantitative estimate of drug-likeness (QED) is 0.662. The average molecular weight is 254 g/mol. The third kappa shape index (κ3) is 8.55. The SMILES string of the molecule is C#CC(OC(C)(C)C)C(CCCC)OC(C)(C)C. The number of hydrogen-bond acceptors (Lipinski definition) is 2. The first-order valence-corrected chi connectivity index (χ1v) is 6.91. The van der Waals surface area contributed by atoms with Gasteiger partial charge in [-0.2, -0.15) is 0 Å². The van der Waals surface area contributed by atoms with Crippen LogP contribution < -0.4 is 0 Å². The largest absolute Gasteiger partial charge is 0.369 e. The monoisotopic (exact) mass is 254 g/mol. The molecule has 0 aliphatic rings. The van der Waals surface area contributed by atoms with E-state index >= 15 is 0 Å². The maximum atomic E-state index is 6.07. The molecule has 0 aliphatic carbocycles. The van der Waals surface area contributed by atoms with Crippen molar-refractivity contribution < 1.29 is 9.47 Å². The van der Waals surface area contributed by atoms with Crippen molar-refractivity contribution in [2.24, 2.45) is 0 Å². The molecule has 2 atom stereocenters. The second-order valence-electron chi connectivity index (χ2n) is 6.73. The van der Waals surface area contributed by atoms with Crippen LogP contribution in [-0.2, 0) is 9.47 Å². The van der Waals surface area contributed by atoms with Gasteiger partial charge in [0.2, 0.25) is 0 Å². The van der Waals surface area contributed by atoms with Crippen LogP contribution in [0.1, 0.15) is 67.7 Å². The van der Waals surface area contributed by atoms with Gasteiger partial charge >= 0.3 is 0 Å². The van der Waals surface area contributed by atoms with Gasteiger partial charge in [0.25, 0.3) is 0 Å². The zero-order chi connectivity index (χ0) is 14.4. The summed E-state index contributed by atoms with van der Waals surface area (Å²) in [5, 5.41) is 0. The molecular weight excluding hydrogens is 224 g/mol. The second-order valence-corrected chi connectivity index (χ2v) is 6.73. The number of rotatable bonds is 6. The van der Waals surface area contributed by atoms with E-state index in [-0.39, 0.29) is 23.4 Å². The average Bonchev–Trinajstić information content (AvgIpc) is 2.18. The van der Waals surface area contributed by atoms with Crippen molar-refractivity contribution in [2.75, 3.05) is 0 Å². The van der Waals surface area contributed by atoms with Gasteiger partial charge < -0.3 is 9.47 Å². The molecule has 106 valence electrons. The van der Waals surface area contributed by atoms with Crippen LogP contribution in [0.2, 0.25) is 0 Å². The number of hydrogen-bond donors (Lipinski definition) is 0. The van der Waals surface area contributed by atoms with Crippen LogP contribution in [0.25, 0.3) is 0 Å². The minimum atomic E-state index is -0.282. The molecule has 0 aromatic heterocycles. The Kier molecular flexibility index (Phi) is 6.96. The van der Waals surface area contributed by atoms with Crippen LogP contribution >= 0.6 is 0 Å². The van der Waals surface area contributed by atoms with Crippen molar-refractivity contribution in [3.8, 4) is 12.3 Å². The summed E-state index contributed by atoms with van der Waals surface area (Å²) in [5.74, 6) is 2.74. The van der Waals surface area contributed by atoms with Crippen LogP contribution in [0.3, 0.4) is 0 Å². The Morgan fingerprint density at radius 3 is 1.83 bits per heavy atom. The van der Waals surface area contributed by atoms with E-state index in [0.29, 0.717) is 0 Å². The Morgan fingerprint density at radius 1 is 1.00 bits per heavy atom. The first kappa shape index (κ1) is 17.5. The predicted molar refractivity (Wildman–Crippen MR) is 77.6 cm³/mol. The zero-order valence-electron chi connectivity index (χ0n) is 13.2. The Morgan fingerprint density at radius 2 is 1.50 bits per heavy atom. The standard InChI is InChI=1S/C16H30O2/c1-9-11-12-14(18-16(6,7)8)13(10-2)17-15(3,4)5/h2,13-14H,9,11-12H2,1,3-8H3. The summed E-state index contributed by atoms with van der Waals surface area (Å²) < 4.78 is 12.0. The lowest BCUT2D eigenvalue weighted by molar-refractivity contribution is -0.146. The summed E-state index contributed by atoms with van der Waals surface area (Å²) in [7, 11) is 0. The zero-order valence-corrected chi connectivity index (χ0v) is 13.2. The van der Waals surface area contributed by atoms with E-state index in [1.54, 1.807) is 0 Å². The molecule has 0 aliphatic heterocycles. The lowest BCUT2D eigenvalue weighted by Gasteiger charge is -2.34. The fourth-order valence-electron chi connectivity index (χ4n) is 1.73. The fourth-order valence-corrected chi connectivity index (χ4v) is 1.73. The Bertz CT molecular complexity index is 262. The lowest BCUT2D eigenvalue weighted by atomic mass is 10.0. The molecule has 0 radical (unpaired) electrons. The molecule has 0 fully saturated rings. The molecule has 0 bridgehead atoms. The van der Waals surface area contributed by atoms with Gasteiger partial charge in [-0.3, -0.25) is 0 Å². The molecule has 0 heterocycles. The fraction of sp³-hybridized carbons (Fsp3) is 0.875. The van der Waals surface area contributed by atoms with Gasteiger partial charge in [-0.15, -0.1) is 6.42 Å².